The zero-order valence-corrected chi connectivity index (χ0v) is 7.97. The summed E-state index contributed by atoms with van der Waals surface area (Å²) in [5.74, 6) is -4.21. The van der Waals surface area contributed by atoms with E-state index >= 15 is 0 Å². The largest absolute Gasteiger partial charge is 0.425 e. The van der Waals surface area contributed by atoms with Gasteiger partial charge in [0.25, 0.3) is 5.92 Å². The Balaban J connectivity index is 2.88. The van der Waals surface area contributed by atoms with Crippen molar-refractivity contribution in [1.29, 1.82) is 0 Å². The Bertz CT molecular complexity index is 358. The highest BCUT2D eigenvalue weighted by Crippen LogP contribution is 2.29. The normalized spacial score (nSPS) is 11.2. The average Bonchev–Trinajstić information content (AvgIpc) is 2.17. The van der Waals surface area contributed by atoms with Gasteiger partial charge in [0, 0.05) is 12.5 Å². The van der Waals surface area contributed by atoms with Gasteiger partial charge in [-0.3, -0.25) is 0 Å². The minimum Gasteiger partial charge on any atom is -0.425 e. The maximum absolute atomic E-state index is 12.8. The molecule has 2 nitrogen and oxygen atoms in total. The van der Waals surface area contributed by atoms with E-state index in [0.717, 1.165) is 13.0 Å². The summed E-state index contributed by atoms with van der Waals surface area (Å²) in [7, 11) is 0. The number of esters is 1. The molecule has 0 aliphatic heterocycles. The molecule has 0 atom stereocenters. The summed E-state index contributed by atoms with van der Waals surface area (Å²) in [6.07, 6.45) is 0. The summed E-state index contributed by atoms with van der Waals surface area (Å²) >= 11 is 0. The first kappa shape index (κ1) is 11.6. The van der Waals surface area contributed by atoms with Gasteiger partial charge in [-0.1, -0.05) is 12.1 Å². The number of halogens is 3. The van der Waals surface area contributed by atoms with Crippen LogP contribution in [0.5, 0.6) is 5.75 Å². The standard InChI is InChI=1S/C10H9F3O2/c1-10(12,13)7-3-2-4-8(5-7)15-9(14)6-11/h2-5H,6H2,1H3. The second-order valence-corrected chi connectivity index (χ2v) is 3.02. The van der Waals surface area contributed by atoms with E-state index in [4.69, 9.17) is 0 Å². The Morgan fingerprint density at radius 3 is 2.67 bits per heavy atom. The molecule has 15 heavy (non-hydrogen) atoms. The molecule has 0 heterocycles. The van der Waals surface area contributed by atoms with E-state index in [9.17, 15) is 18.0 Å². The van der Waals surface area contributed by atoms with E-state index in [0.29, 0.717) is 0 Å². The third-order valence-electron chi connectivity index (χ3n) is 1.68. The number of rotatable bonds is 3. The van der Waals surface area contributed by atoms with E-state index in [1.54, 1.807) is 0 Å². The van der Waals surface area contributed by atoms with Gasteiger partial charge in [0.05, 0.1) is 0 Å². The first-order valence-corrected chi connectivity index (χ1v) is 4.18. The van der Waals surface area contributed by atoms with Crippen molar-refractivity contribution in [3.8, 4) is 5.75 Å². The molecule has 0 unspecified atom stereocenters. The molecule has 0 aromatic heterocycles. The highest BCUT2D eigenvalue weighted by molar-refractivity contribution is 5.73. The molecule has 0 N–H and O–H groups in total. The van der Waals surface area contributed by atoms with Crippen molar-refractivity contribution in [3.63, 3.8) is 0 Å². The third-order valence-corrected chi connectivity index (χ3v) is 1.68. The molecular formula is C10H9F3O2. The molecule has 0 saturated carbocycles. The molecule has 0 bridgehead atoms. The van der Waals surface area contributed by atoms with Gasteiger partial charge in [0.15, 0.2) is 6.67 Å². The fourth-order valence-corrected chi connectivity index (χ4v) is 0.991. The van der Waals surface area contributed by atoms with Crippen molar-refractivity contribution in [2.45, 2.75) is 12.8 Å². The molecule has 0 aliphatic carbocycles. The number of carbonyl (C=O) groups excluding carboxylic acids is 1. The zero-order valence-electron chi connectivity index (χ0n) is 7.97. The number of ether oxygens (including phenoxy) is 1. The van der Waals surface area contributed by atoms with Gasteiger partial charge in [-0.05, 0) is 12.1 Å². The van der Waals surface area contributed by atoms with Crippen LogP contribution in [0.25, 0.3) is 0 Å². The van der Waals surface area contributed by atoms with Gasteiger partial charge in [0.2, 0.25) is 0 Å². The number of benzene rings is 1. The maximum atomic E-state index is 12.8. The summed E-state index contributed by atoms with van der Waals surface area (Å²) in [6, 6.07) is 4.83. The van der Waals surface area contributed by atoms with Crippen molar-refractivity contribution < 1.29 is 22.7 Å². The van der Waals surface area contributed by atoms with Crippen LogP contribution in [0.15, 0.2) is 24.3 Å². The molecule has 5 heteroatoms. The van der Waals surface area contributed by atoms with Gasteiger partial charge in [-0.25, -0.2) is 18.0 Å². The Morgan fingerprint density at radius 1 is 1.47 bits per heavy atom. The van der Waals surface area contributed by atoms with Gasteiger partial charge >= 0.3 is 5.97 Å². The lowest BCUT2D eigenvalue weighted by molar-refractivity contribution is -0.135. The van der Waals surface area contributed by atoms with Gasteiger partial charge in [0.1, 0.15) is 5.75 Å². The Kier molecular flexibility index (Phi) is 3.34. The van der Waals surface area contributed by atoms with Gasteiger partial charge in [-0.2, -0.15) is 0 Å². The monoisotopic (exact) mass is 218 g/mol. The molecule has 0 radical (unpaired) electrons. The Morgan fingerprint density at radius 2 is 2.13 bits per heavy atom. The summed E-state index contributed by atoms with van der Waals surface area (Å²) < 4.78 is 41.9. The van der Waals surface area contributed by atoms with Crippen LogP contribution in [0.4, 0.5) is 13.2 Å². The average molecular weight is 218 g/mol. The molecule has 0 spiro atoms. The second kappa shape index (κ2) is 4.33. The lowest BCUT2D eigenvalue weighted by atomic mass is 10.1. The minimum absolute atomic E-state index is 0.0864. The Hall–Kier alpha value is -1.52. The topological polar surface area (TPSA) is 26.3 Å². The van der Waals surface area contributed by atoms with Crippen molar-refractivity contribution in [2.24, 2.45) is 0 Å². The second-order valence-electron chi connectivity index (χ2n) is 3.02. The third kappa shape index (κ3) is 3.27. The predicted octanol–water partition coefficient (Wildman–Crippen LogP) is 2.67. The first-order chi connectivity index (χ1) is 6.93. The lowest BCUT2D eigenvalue weighted by Crippen LogP contribution is -2.11. The zero-order chi connectivity index (χ0) is 11.5. The number of hydrogen-bond acceptors (Lipinski definition) is 2. The van der Waals surface area contributed by atoms with Crippen molar-refractivity contribution in [1.82, 2.24) is 0 Å². The van der Waals surface area contributed by atoms with Crippen LogP contribution in [0.2, 0.25) is 0 Å². The van der Waals surface area contributed by atoms with Crippen molar-refractivity contribution in [3.05, 3.63) is 29.8 Å². The maximum Gasteiger partial charge on any atom is 0.342 e. The van der Waals surface area contributed by atoms with Crippen LogP contribution in [0.3, 0.4) is 0 Å². The van der Waals surface area contributed by atoms with Gasteiger partial charge in [-0.15, -0.1) is 0 Å². The van der Waals surface area contributed by atoms with E-state index in [2.05, 4.69) is 4.74 Å². The van der Waals surface area contributed by atoms with Gasteiger partial charge < -0.3 is 4.74 Å². The smallest absolute Gasteiger partial charge is 0.342 e. The fourth-order valence-electron chi connectivity index (χ4n) is 0.991. The molecule has 1 rings (SSSR count). The highest BCUT2D eigenvalue weighted by atomic mass is 19.3. The minimum atomic E-state index is -3.02. The molecule has 0 fully saturated rings. The van der Waals surface area contributed by atoms with Crippen LogP contribution in [-0.4, -0.2) is 12.6 Å². The van der Waals surface area contributed by atoms with Crippen LogP contribution >= 0.6 is 0 Å². The van der Waals surface area contributed by atoms with Crippen LogP contribution < -0.4 is 4.74 Å². The molecule has 1 aromatic carbocycles. The van der Waals surface area contributed by atoms with Crippen molar-refractivity contribution in [2.75, 3.05) is 6.67 Å². The van der Waals surface area contributed by atoms with Crippen molar-refractivity contribution >= 4 is 5.97 Å². The van der Waals surface area contributed by atoms with E-state index in [-0.39, 0.29) is 11.3 Å². The van der Waals surface area contributed by atoms with Crippen LogP contribution in [-0.2, 0) is 10.7 Å². The van der Waals surface area contributed by atoms with Crippen LogP contribution in [0.1, 0.15) is 12.5 Å². The number of carbonyl (C=O) groups is 1. The molecule has 0 aliphatic rings. The van der Waals surface area contributed by atoms with Crippen LogP contribution in [0, 0.1) is 0 Å². The molecule has 82 valence electrons. The van der Waals surface area contributed by atoms with E-state index in [1.165, 1.54) is 18.2 Å². The molecule has 0 amide bonds. The number of hydrogen-bond donors (Lipinski definition) is 0. The molecule has 0 saturated heterocycles. The summed E-state index contributed by atoms with van der Waals surface area (Å²) in [4.78, 5) is 10.6. The van der Waals surface area contributed by atoms with E-state index in [1.807, 2.05) is 0 Å². The predicted molar refractivity (Wildman–Crippen MR) is 47.6 cm³/mol. The Labute approximate surface area is 84.7 Å². The molecular weight excluding hydrogens is 209 g/mol. The SMILES string of the molecule is CC(F)(F)c1cccc(OC(=O)CF)c1. The lowest BCUT2D eigenvalue weighted by Gasteiger charge is -2.11. The summed E-state index contributed by atoms with van der Waals surface area (Å²) in [5.41, 5.74) is -0.286. The first-order valence-electron chi connectivity index (χ1n) is 4.18. The quantitative estimate of drug-likeness (QED) is 0.576. The van der Waals surface area contributed by atoms with E-state index < -0.39 is 18.6 Å². The summed E-state index contributed by atoms with van der Waals surface area (Å²) in [6.45, 7) is -0.560. The summed E-state index contributed by atoms with van der Waals surface area (Å²) in [5, 5.41) is 0. The fraction of sp³-hybridized carbons (Fsp3) is 0.300. The molecule has 1 aromatic rings. The highest BCUT2D eigenvalue weighted by Gasteiger charge is 2.24. The number of alkyl halides is 3.